The lowest BCUT2D eigenvalue weighted by Gasteiger charge is -1.94. The van der Waals surface area contributed by atoms with Crippen molar-refractivity contribution >= 4 is 12.2 Å². The number of benzene rings is 1. The molecular weight excluding hydrogens is 176 g/mol. The Morgan fingerprint density at radius 2 is 1.93 bits per heavy atom. The van der Waals surface area contributed by atoms with E-state index in [1.54, 1.807) is 6.21 Å². The van der Waals surface area contributed by atoms with Crippen molar-refractivity contribution in [2.24, 2.45) is 21.7 Å². The molecule has 0 radical (unpaired) electrons. The minimum atomic E-state index is -0.0130. The van der Waals surface area contributed by atoms with E-state index in [1.807, 2.05) is 18.2 Å². The predicted octanol–water partition coefficient (Wildman–Crippen LogP) is 0.878. The number of guanidine groups is 1. The van der Waals surface area contributed by atoms with Crippen LogP contribution in [0.5, 0.6) is 0 Å². The smallest absolute Gasteiger partial charge is 0.211 e. The van der Waals surface area contributed by atoms with Crippen LogP contribution in [0, 0.1) is 0 Å². The lowest BCUT2D eigenvalue weighted by molar-refractivity contribution is 1.04. The molecule has 1 rings (SSSR count). The van der Waals surface area contributed by atoms with Gasteiger partial charge in [-0.15, -0.1) is 5.10 Å². The van der Waals surface area contributed by atoms with Crippen LogP contribution < -0.4 is 11.5 Å². The van der Waals surface area contributed by atoms with E-state index in [0.29, 0.717) is 0 Å². The molecule has 0 aromatic heterocycles. The Hall–Kier alpha value is -1.84. The zero-order valence-corrected chi connectivity index (χ0v) is 7.93. The van der Waals surface area contributed by atoms with Gasteiger partial charge >= 0.3 is 0 Å². The fourth-order valence-electron chi connectivity index (χ4n) is 1.04. The van der Waals surface area contributed by atoms with Crippen LogP contribution in [0.4, 0.5) is 0 Å². The molecule has 0 fully saturated rings. The molecule has 0 saturated carbocycles. The lowest BCUT2D eigenvalue weighted by Crippen LogP contribution is -2.21. The van der Waals surface area contributed by atoms with Crippen molar-refractivity contribution in [1.29, 1.82) is 0 Å². The average molecular weight is 190 g/mol. The fourth-order valence-corrected chi connectivity index (χ4v) is 1.04. The second-order valence-electron chi connectivity index (χ2n) is 2.85. The monoisotopic (exact) mass is 190 g/mol. The molecule has 0 heterocycles. The highest BCUT2D eigenvalue weighted by atomic mass is 15.3. The molecule has 4 heteroatoms. The molecular formula is C10H14N4. The van der Waals surface area contributed by atoms with E-state index in [-0.39, 0.29) is 5.96 Å². The Bertz CT molecular complexity index is 312. The first-order valence-corrected chi connectivity index (χ1v) is 4.43. The zero-order valence-electron chi connectivity index (χ0n) is 7.93. The molecule has 0 unspecified atom stereocenters. The van der Waals surface area contributed by atoms with Gasteiger partial charge in [0.05, 0.1) is 0 Å². The summed E-state index contributed by atoms with van der Waals surface area (Å²) >= 11 is 0. The summed E-state index contributed by atoms with van der Waals surface area (Å²) in [7, 11) is 0. The van der Waals surface area contributed by atoms with Crippen molar-refractivity contribution in [2.45, 2.75) is 12.8 Å². The summed E-state index contributed by atoms with van der Waals surface area (Å²) in [5, 5.41) is 7.20. The molecule has 0 atom stereocenters. The molecule has 0 amide bonds. The van der Waals surface area contributed by atoms with Crippen LogP contribution in [-0.2, 0) is 6.42 Å². The third-order valence-electron chi connectivity index (χ3n) is 1.66. The number of aryl methyl sites for hydroxylation is 1. The van der Waals surface area contributed by atoms with Gasteiger partial charge in [-0.3, -0.25) is 0 Å². The van der Waals surface area contributed by atoms with Gasteiger partial charge in [-0.1, -0.05) is 30.3 Å². The van der Waals surface area contributed by atoms with Gasteiger partial charge in [0.2, 0.25) is 5.96 Å². The van der Waals surface area contributed by atoms with Crippen molar-refractivity contribution in [3.05, 3.63) is 35.9 Å². The number of hydrogen-bond acceptors (Lipinski definition) is 2. The third kappa shape index (κ3) is 4.25. The van der Waals surface area contributed by atoms with E-state index in [9.17, 15) is 0 Å². The van der Waals surface area contributed by atoms with Crippen LogP contribution in [0.3, 0.4) is 0 Å². The van der Waals surface area contributed by atoms with Crippen LogP contribution >= 0.6 is 0 Å². The summed E-state index contributed by atoms with van der Waals surface area (Å²) in [6.07, 6.45) is 3.48. The fraction of sp³-hybridized carbons (Fsp3) is 0.200. The van der Waals surface area contributed by atoms with E-state index in [4.69, 9.17) is 11.5 Å². The van der Waals surface area contributed by atoms with Crippen molar-refractivity contribution in [1.82, 2.24) is 0 Å². The molecule has 0 aliphatic heterocycles. The van der Waals surface area contributed by atoms with E-state index < -0.39 is 0 Å². The number of rotatable bonds is 4. The highest BCUT2D eigenvalue weighted by molar-refractivity contribution is 5.76. The first kappa shape index (κ1) is 10.2. The Morgan fingerprint density at radius 1 is 1.21 bits per heavy atom. The molecule has 1 aromatic rings. The van der Waals surface area contributed by atoms with Crippen molar-refractivity contribution < 1.29 is 0 Å². The molecule has 0 spiro atoms. The minimum Gasteiger partial charge on any atom is -0.369 e. The van der Waals surface area contributed by atoms with Gasteiger partial charge in [-0.05, 0) is 18.4 Å². The van der Waals surface area contributed by atoms with Crippen LogP contribution in [0.2, 0.25) is 0 Å². The van der Waals surface area contributed by atoms with Crippen LogP contribution in [-0.4, -0.2) is 12.2 Å². The Morgan fingerprint density at radius 3 is 2.57 bits per heavy atom. The van der Waals surface area contributed by atoms with Crippen LogP contribution in [0.15, 0.2) is 40.5 Å². The molecule has 14 heavy (non-hydrogen) atoms. The molecule has 0 aliphatic rings. The van der Waals surface area contributed by atoms with E-state index in [2.05, 4.69) is 22.3 Å². The molecule has 0 aliphatic carbocycles. The predicted molar refractivity (Wildman–Crippen MR) is 59.1 cm³/mol. The first-order valence-electron chi connectivity index (χ1n) is 4.43. The minimum absolute atomic E-state index is 0.0130. The molecule has 1 aromatic carbocycles. The molecule has 74 valence electrons. The summed E-state index contributed by atoms with van der Waals surface area (Å²) < 4.78 is 0. The standard InChI is InChI=1S/C10H14N4/c11-10(12)14-13-8-4-7-9-5-2-1-3-6-9/h1-3,5-6,8H,4,7H2,(H4,11,12,14). The van der Waals surface area contributed by atoms with Crippen LogP contribution in [0.1, 0.15) is 12.0 Å². The maximum atomic E-state index is 5.10. The number of nitrogens with two attached hydrogens (primary N) is 2. The first-order chi connectivity index (χ1) is 6.79. The summed E-state index contributed by atoms with van der Waals surface area (Å²) in [4.78, 5) is 0. The second-order valence-corrected chi connectivity index (χ2v) is 2.85. The van der Waals surface area contributed by atoms with E-state index in [1.165, 1.54) is 5.56 Å². The van der Waals surface area contributed by atoms with E-state index >= 15 is 0 Å². The Balaban J connectivity index is 2.29. The van der Waals surface area contributed by atoms with Crippen LogP contribution in [0.25, 0.3) is 0 Å². The summed E-state index contributed by atoms with van der Waals surface area (Å²) in [6.45, 7) is 0. The second kappa shape index (κ2) is 5.75. The Labute approximate surface area is 83.3 Å². The van der Waals surface area contributed by atoms with Gasteiger partial charge in [0.1, 0.15) is 0 Å². The Kier molecular flexibility index (Phi) is 4.20. The third-order valence-corrected chi connectivity index (χ3v) is 1.66. The summed E-state index contributed by atoms with van der Waals surface area (Å²) in [5.74, 6) is -0.0130. The summed E-state index contributed by atoms with van der Waals surface area (Å²) in [6, 6.07) is 10.2. The van der Waals surface area contributed by atoms with Gasteiger partial charge in [0.15, 0.2) is 0 Å². The van der Waals surface area contributed by atoms with Gasteiger partial charge in [-0.2, -0.15) is 5.10 Å². The highest BCUT2D eigenvalue weighted by Crippen LogP contribution is 2.00. The number of hydrogen-bond donors (Lipinski definition) is 2. The van der Waals surface area contributed by atoms with Crippen molar-refractivity contribution in [2.75, 3.05) is 0 Å². The maximum absolute atomic E-state index is 5.10. The normalized spacial score (nSPS) is 10.3. The SMILES string of the molecule is NC(N)=NN=CCCc1ccccc1. The van der Waals surface area contributed by atoms with Crippen molar-refractivity contribution in [3.63, 3.8) is 0 Å². The van der Waals surface area contributed by atoms with Gasteiger partial charge in [0.25, 0.3) is 0 Å². The van der Waals surface area contributed by atoms with Crippen molar-refractivity contribution in [3.8, 4) is 0 Å². The molecule has 0 saturated heterocycles. The average Bonchev–Trinajstić information content (AvgIpc) is 2.18. The quantitative estimate of drug-likeness (QED) is 0.420. The zero-order chi connectivity index (χ0) is 10.2. The van der Waals surface area contributed by atoms with Gasteiger partial charge in [0, 0.05) is 6.21 Å². The molecule has 4 nitrogen and oxygen atoms in total. The largest absolute Gasteiger partial charge is 0.369 e. The molecule has 4 N–H and O–H groups in total. The van der Waals surface area contributed by atoms with Gasteiger partial charge in [-0.25, -0.2) is 0 Å². The summed E-state index contributed by atoms with van der Waals surface area (Å²) in [5.41, 5.74) is 11.5. The molecule has 0 bridgehead atoms. The topological polar surface area (TPSA) is 76.8 Å². The maximum Gasteiger partial charge on any atom is 0.211 e. The van der Waals surface area contributed by atoms with Gasteiger partial charge < -0.3 is 11.5 Å². The lowest BCUT2D eigenvalue weighted by atomic mass is 10.1. The van der Waals surface area contributed by atoms with E-state index in [0.717, 1.165) is 12.8 Å². The highest BCUT2D eigenvalue weighted by Gasteiger charge is 1.87. The number of nitrogens with zero attached hydrogens (tertiary/aromatic N) is 2.